The maximum atomic E-state index is 13.3. The highest BCUT2D eigenvalue weighted by molar-refractivity contribution is 6.00. The Balaban J connectivity index is 1.59. The number of carbonyl (C=O) groups is 1. The van der Waals surface area contributed by atoms with Gasteiger partial charge < -0.3 is 14.8 Å². The van der Waals surface area contributed by atoms with Crippen LogP contribution in [0.1, 0.15) is 42.7 Å². The topological polar surface area (TPSA) is 71.3 Å². The first-order valence-electron chi connectivity index (χ1n) is 9.74. The van der Waals surface area contributed by atoms with Gasteiger partial charge in [0.1, 0.15) is 0 Å². The highest BCUT2D eigenvalue weighted by atomic mass is 16.7. The molecule has 2 aliphatic heterocycles. The number of Topliss-reactive ketones (excluding diaryl/α,β-unsaturated/α-hetero) is 1. The number of hydrogen-bond donors (Lipinski definition) is 1. The molecule has 0 saturated carbocycles. The summed E-state index contributed by atoms with van der Waals surface area (Å²) in [5, 5.41) is 13.2. The van der Waals surface area contributed by atoms with Crippen molar-refractivity contribution in [2.45, 2.75) is 31.6 Å². The van der Waals surface area contributed by atoms with Crippen molar-refractivity contribution in [3.63, 3.8) is 0 Å². The molecule has 0 bridgehead atoms. The Kier molecular flexibility index (Phi) is 4.13. The molecule has 0 saturated heterocycles. The fourth-order valence-corrected chi connectivity index (χ4v) is 4.57. The van der Waals surface area contributed by atoms with Crippen LogP contribution in [0.5, 0.6) is 11.5 Å². The van der Waals surface area contributed by atoms with E-state index in [1.165, 1.54) is 5.56 Å². The molecule has 144 valence electrons. The van der Waals surface area contributed by atoms with Crippen LogP contribution in [0.2, 0.25) is 0 Å². The zero-order valence-corrected chi connectivity index (χ0v) is 16.1. The van der Waals surface area contributed by atoms with Gasteiger partial charge in [-0.2, -0.15) is 5.26 Å². The number of nitrogens with one attached hydrogen (secondary N) is 1. The predicted molar refractivity (Wildman–Crippen MR) is 107 cm³/mol. The van der Waals surface area contributed by atoms with Gasteiger partial charge in [-0.15, -0.1) is 0 Å². The minimum atomic E-state index is -0.380. The summed E-state index contributed by atoms with van der Waals surface area (Å²) in [6.45, 7) is 2.09. The van der Waals surface area contributed by atoms with Crippen LogP contribution < -0.4 is 14.8 Å². The van der Waals surface area contributed by atoms with Crippen LogP contribution in [0.15, 0.2) is 71.1 Å². The lowest BCUT2D eigenvalue weighted by Crippen LogP contribution is -2.33. The van der Waals surface area contributed by atoms with E-state index in [0.29, 0.717) is 29.1 Å². The van der Waals surface area contributed by atoms with E-state index in [-0.39, 0.29) is 24.4 Å². The number of ether oxygens (including phenoxy) is 2. The van der Waals surface area contributed by atoms with E-state index in [1.807, 2.05) is 43.3 Å². The van der Waals surface area contributed by atoms with Gasteiger partial charge in [0.2, 0.25) is 6.79 Å². The molecule has 3 aliphatic rings. The molecule has 2 atom stereocenters. The van der Waals surface area contributed by atoms with Gasteiger partial charge in [-0.05, 0) is 42.5 Å². The van der Waals surface area contributed by atoms with E-state index in [9.17, 15) is 10.1 Å². The Morgan fingerprint density at radius 3 is 2.62 bits per heavy atom. The van der Waals surface area contributed by atoms with Crippen LogP contribution in [0, 0.1) is 11.3 Å². The SMILES string of the molecule is CC1=C(C#N)[C@H](c2ccc3c(c2)OCO3)C2=C(C[C@H](c3ccccc3)CC2=O)N1. The lowest BCUT2D eigenvalue weighted by Gasteiger charge is -2.35. The van der Waals surface area contributed by atoms with Gasteiger partial charge in [-0.25, -0.2) is 0 Å². The van der Waals surface area contributed by atoms with Crippen LogP contribution in [-0.4, -0.2) is 12.6 Å². The van der Waals surface area contributed by atoms with Crippen LogP contribution in [0.3, 0.4) is 0 Å². The molecule has 5 heteroatoms. The summed E-state index contributed by atoms with van der Waals surface area (Å²) in [6, 6.07) is 18.1. The number of nitrogens with zero attached hydrogens (tertiary/aromatic N) is 1. The van der Waals surface area contributed by atoms with Gasteiger partial charge in [0.25, 0.3) is 0 Å². The molecule has 0 fully saturated rings. The summed E-state index contributed by atoms with van der Waals surface area (Å²) in [6.07, 6.45) is 1.20. The second kappa shape index (κ2) is 6.82. The number of carbonyl (C=O) groups excluding carboxylic acids is 1. The van der Waals surface area contributed by atoms with E-state index in [1.54, 1.807) is 0 Å². The van der Waals surface area contributed by atoms with E-state index in [4.69, 9.17) is 9.47 Å². The van der Waals surface area contributed by atoms with E-state index in [0.717, 1.165) is 23.4 Å². The Labute approximate surface area is 169 Å². The van der Waals surface area contributed by atoms with Crippen LogP contribution in [0.4, 0.5) is 0 Å². The highest BCUT2D eigenvalue weighted by Gasteiger charge is 2.39. The molecular weight excluding hydrogens is 364 g/mol. The highest BCUT2D eigenvalue weighted by Crippen LogP contribution is 2.46. The Hall–Kier alpha value is -3.52. The van der Waals surface area contributed by atoms with E-state index < -0.39 is 0 Å². The number of rotatable bonds is 2. The van der Waals surface area contributed by atoms with Gasteiger partial charge in [0, 0.05) is 23.4 Å². The number of fused-ring (bicyclic) bond motifs is 1. The zero-order chi connectivity index (χ0) is 20.0. The standard InChI is InChI=1S/C24H20N2O3/c1-14-18(12-25)23(16-7-8-21-22(11-16)29-13-28-21)24-19(26-14)9-17(10-20(24)27)15-5-3-2-4-6-15/h2-8,11,17,23,26H,9-10,13H2,1H3/t17-,23-/m0/s1. The maximum absolute atomic E-state index is 13.3. The molecule has 2 aromatic rings. The number of hydrogen-bond acceptors (Lipinski definition) is 5. The first-order valence-corrected chi connectivity index (χ1v) is 9.74. The van der Waals surface area contributed by atoms with Crippen molar-refractivity contribution in [1.29, 1.82) is 5.26 Å². The average Bonchev–Trinajstić information content (AvgIpc) is 3.21. The molecule has 0 aromatic heterocycles. The van der Waals surface area contributed by atoms with Crippen molar-refractivity contribution in [2.75, 3.05) is 6.79 Å². The van der Waals surface area contributed by atoms with Crippen molar-refractivity contribution in [3.8, 4) is 17.6 Å². The molecule has 29 heavy (non-hydrogen) atoms. The van der Waals surface area contributed by atoms with Crippen LogP contribution in [0.25, 0.3) is 0 Å². The van der Waals surface area contributed by atoms with Crippen molar-refractivity contribution >= 4 is 5.78 Å². The predicted octanol–water partition coefficient (Wildman–Crippen LogP) is 4.30. The van der Waals surface area contributed by atoms with Crippen molar-refractivity contribution in [3.05, 3.63) is 82.2 Å². The molecule has 0 spiro atoms. The number of nitriles is 1. The van der Waals surface area contributed by atoms with Crippen molar-refractivity contribution in [1.82, 2.24) is 5.32 Å². The molecule has 5 nitrogen and oxygen atoms in total. The summed E-state index contributed by atoms with van der Waals surface area (Å²) in [4.78, 5) is 13.3. The molecule has 0 radical (unpaired) electrons. The molecule has 1 aliphatic carbocycles. The van der Waals surface area contributed by atoms with Crippen molar-refractivity contribution in [2.24, 2.45) is 0 Å². The minimum absolute atomic E-state index is 0.0931. The Morgan fingerprint density at radius 1 is 1.03 bits per heavy atom. The maximum Gasteiger partial charge on any atom is 0.231 e. The van der Waals surface area contributed by atoms with Crippen molar-refractivity contribution < 1.29 is 14.3 Å². The largest absolute Gasteiger partial charge is 0.454 e. The van der Waals surface area contributed by atoms with E-state index >= 15 is 0 Å². The molecule has 0 amide bonds. The third kappa shape index (κ3) is 2.89. The lowest BCUT2D eigenvalue weighted by atomic mass is 9.72. The normalized spacial score (nSPS) is 22.8. The fraction of sp³-hybridized carbons (Fsp3) is 0.250. The van der Waals surface area contributed by atoms with Gasteiger partial charge >= 0.3 is 0 Å². The number of ketones is 1. The summed E-state index contributed by atoms with van der Waals surface area (Å²) >= 11 is 0. The monoisotopic (exact) mass is 384 g/mol. The molecule has 2 heterocycles. The average molecular weight is 384 g/mol. The molecular formula is C24H20N2O3. The zero-order valence-electron chi connectivity index (χ0n) is 16.1. The molecule has 2 aromatic carbocycles. The Morgan fingerprint density at radius 2 is 1.83 bits per heavy atom. The Bertz CT molecular complexity index is 1110. The van der Waals surface area contributed by atoms with Crippen LogP contribution >= 0.6 is 0 Å². The summed E-state index contributed by atoms with van der Waals surface area (Å²) in [5.41, 5.74) is 5.06. The van der Waals surface area contributed by atoms with Gasteiger partial charge in [-0.3, -0.25) is 4.79 Å². The third-order valence-corrected chi connectivity index (χ3v) is 5.95. The lowest BCUT2D eigenvalue weighted by molar-refractivity contribution is -0.116. The van der Waals surface area contributed by atoms with Gasteiger partial charge in [0.05, 0.1) is 17.6 Å². The molecule has 1 N–H and O–H groups in total. The number of allylic oxidation sites excluding steroid dienone is 4. The number of benzene rings is 2. The smallest absolute Gasteiger partial charge is 0.231 e. The molecule has 5 rings (SSSR count). The van der Waals surface area contributed by atoms with Gasteiger partial charge in [-0.1, -0.05) is 36.4 Å². The summed E-state index contributed by atoms with van der Waals surface area (Å²) < 4.78 is 10.9. The van der Waals surface area contributed by atoms with E-state index in [2.05, 4.69) is 23.5 Å². The minimum Gasteiger partial charge on any atom is -0.454 e. The summed E-state index contributed by atoms with van der Waals surface area (Å²) in [7, 11) is 0. The quantitative estimate of drug-likeness (QED) is 0.836. The fourth-order valence-electron chi connectivity index (χ4n) is 4.57. The first-order chi connectivity index (χ1) is 14.2. The first kappa shape index (κ1) is 17.6. The third-order valence-electron chi connectivity index (χ3n) is 5.95. The van der Waals surface area contributed by atoms with Crippen LogP contribution in [-0.2, 0) is 4.79 Å². The molecule has 0 unspecified atom stereocenters. The number of dihydropyridines is 1. The summed E-state index contributed by atoms with van der Waals surface area (Å²) in [5.74, 6) is 1.20. The second-order valence-corrected chi connectivity index (χ2v) is 7.65. The van der Waals surface area contributed by atoms with Gasteiger partial charge in [0.15, 0.2) is 17.3 Å². The second-order valence-electron chi connectivity index (χ2n) is 7.65.